The van der Waals surface area contributed by atoms with Crippen LogP contribution in [0, 0.1) is 18.3 Å². The predicted octanol–water partition coefficient (Wildman–Crippen LogP) is 2.64. The van der Waals surface area contributed by atoms with Crippen molar-refractivity contribution in [3.63, 3.8) is 0 Å². The maximum Gasteiger partial charge on any atom is 0.417 e. The van der Waals surface area contributed by atoms with E-state index in [1.54, 1.807) is 13.1 Å². The van der Waals surface area contributed by atoms with Crippen molar-refractivity contribution < 1.29 is 23.1 Å². The summed E-state index contributed by atoms with van der Waals surface area (Å²) < 4.78 is 40.3. The van der Waals surface area contributed by atoms with Crippen molar-refractivity contribution in [2.75, 3.05) is 5.32 Å². The van der Waals surface area contributed by atoms with Crippen LogP contribution in [-0.4, -0.2) is 26.4 Å². The van der Waals surface area contributed by atoms with Gasteiger partial charge in [-0.2, -0.15) is 23.5 Å². The van der Waals surface area contributed by atoms with Crippen LogP contribution in [0.4, 0.5) is 18.9 Å². The lowest BCUT2D eigenvalue weighted by molar-refractivity contribution is -0.137. The molecule has 2 aromatic rings. The number of carbonyl (C=O) groups is 1. The summed E-state index contributed by atoms with van der Waals surface area (Å²) in [5.74, 6) is -0.974. The highest BCUT2D eigenvalue weighted by atomic mass is 19.4. The van der Waals surface area contributed by atoms with Gasteiger partial charge >= 0.3 is 6.18 Å². The van der Waals surface area contributed by atoms with Crippen LogP contribution in [0.2, 0.25) is 0 Å². The number of alkyl halides is 3. The van der Waals surface area contributed by atoms with Gasteiger partial charge in [-0.05, 0) is 36.8 Å². The normalized spacial score (nSPS) is 13.5. The number of aryl methyl sites for hydroxylation is 1. The lowest BCUT2D eigenvalue weighted by Crippen LogP contribution is -2.44. The van der Waals surface area contributed by atoms with Crippen LogP contribution in [0.25, 0.3) is 0 Å². The first-order valence-electron chi connectivity index (χ1n) is 7.37. The highest BCUT2D eigenvalue weighted by Gasteiger charge is 2.36. The summed E-state index contributed by atoms with van der Waals surface area (Å²) in [6, 6.07) is 4.18. The van der Waals surface area contributed by atoms with Crippen molar-refractivity contribution in [1.82, 2.24) is 9.78 Å². The van der Waals surface area contributed by atoms with E-state index >= 15 is 0 Å². The first-order valence-corrected chi connectivity index (χ1v) is 7.37. The molecule has 2 rings (SSSR count). The molecule has 6 nitrogen and oxygen atoms in total. The molecule has 2 N–H and O–H groups in total. The van der Waals surface area contributed by atoms with Crippen LogP contribution in [0.15, 0.2) is 43.2 Å². The second-order valence-electron chi connectivity index (χ2n) is 5.67. The molecule has 0 bridgehead atoms. The third-order valence-corrected chi connectivity index (χ3v) is 3.60. The van der Waals surface area contributed by atoms with Crippen LogP contribution in [0.3, 0.4) is 0 Å². The number of rotatable bonds is 5. The SMILES string of the molecule is C=CC(O)(Cn1cc(C)cn1)C(=O)Nc1ccc(C#N)c(C(F)(F)F)c1. The molecule has 1 heterocycles. The number of aromatic nitrogens is 2. The number of aliphatic hydroxyl groups is 1. The van der Waals surface area contributed by atoms with Gasteiger partial charge in [0.05, 0.1) is 29.9 Å². The number of hydrogen-bond donors (Lipinski definition) is 2. The molecule has 9 heteroatoms. The third kappa shape index (κ3) is 4.10. The zero-order chi connectivity index (χ0) is 19.5. The van der Waals surface area contributed by atoms with E-state index in [4.69, 9.17) is 5.26 Å². The fraction of sp³-hybridized carbons (Fsp3) is 0.235. The third-order valence-electron chi connectivity index (χ3n) is 3.60. The number of halogens is 3. The van der Waals surface area contributed by atoms with Crippen molar-refractivity contribution in [3.8, 4) is 6.07 Å². The first-order chi connectivity index (χ1) is 12.1. The minimum absolute atomic E-state index is 0.210. The minimum Gasteiger partial charge on any atom is -0.374 e. The van der Waals surface area contributed by atoms with E-state index in [2.05, 4.69) is 17.0 Å². The van der Waals surface area contributed by atoms with Gasteiger partial charge in [0.1, 0.15) is 0 Å². The van der Waals surface area contributed by atoms with Crippen LogP contribution < -0.4 is 5.32 Å². The second kappa shape index (κ2) is 7.01. The number of nitrogens with one attached hydrogen (secondary N) is 1. The quantitative estimate of drug-likeness (QED) is 0.798. The van der Waals surface area contributed by atoms with E-state index < -0.39 is 28.8 Å². The number of nitrogens with zero attached hydrogens (tertiary/aromatic N) is 3. The highest BCUT2D eigenvalue weighted by Crippen LogP contribution is 2.33. The molecule has 0 fully saturated rings. The summed E-state index contributed by atoms with van der Waals surface area (Å²) in [5, 5.41) is 25.4. The monoisotopic (exact) mass is 364 g/mol. The van der Waals surface area contributed by atoms with Crippen LogP contribution in [0.1, 0.15) is 16.7 Å². The number of benzene rings is 1. The number of anilines is 1. The average molecular weight is 364 g/mol. The second-order valence-corrected chi connectivity index (χ2v) is 5.67. The lowest BCUT2D eigenvalue weighted by Gasteiger charge is -2.23. The Morgan fingerprint density at radius 3 is 2.69 bits per heavy atom. The van der Waals surface area contributed by atoms with E-state index in [9.17, 15) is 23.1 Å². The van der Waals surface area contributed by atoms with Gasteiger partial charge in [0.2, 0.25) is 0 Å². The smallest absolute Gasteiger partial charge is 0.374 e. The van der Waals surface area contributed by atoms with E-state index in [0.29, 0.717) is 6.07 Å². The summed E-state index contributed by atoms with van der Waals surface area (Å²) in [7, 11) is 0. The number of amides is 1. The molecule has 0 aliphatic heterocycles. The van der Waals surface area contributed by atoms with Crippen molar-refractivity contribution >= 4 is 11.6 Å². The molecule has 0 saturated heterocycles. The number of nitriles is 1. The Hall–Kier alpha value is -3.12. The Balaban J connectivity index is 2.27. The van der Waals surface area contributed by atoms with Gasteiger partial charge in [-0.15, -0.1) is 0 Å². The molecule has 0 spiro atoms. The largest absolute Gasteiger partial charge is 0.417 e. The highest BCUT2D eigenvalue weighted by molar-refractivity contribution is 5.98. The maximum atomic E-state index is 13.0. The van der Waals surface area contributed by atoms with Gasteiger partial charge in [-0.25, -0.2) is 0 Å². The van der Waals surface area contributed by atoms with E-state index in [1.165, 1.54) is 16.9 Å². The molecule has 0 saturated carbocycles. The molecular weight excluding hydrogens is 349 g/mol. The van der Waals surface area contributed by atoms with Gasteiger partial charge in [0.25, 0.3) is 5.91 Å². The van der Waals surface area contributed by atoms with Crippen molar-refractivity contribution in [2.45, 2.75) is 25.2 Å². The molecule has 0 aliphatic rings. The minimum atomic E-state index is -4.76. The van der Waals surface area contributed by atoms with Gasteiger partial charge < -0.3 is 10.4 Å². The molecule has 1 amide bonds. The molecular formula is C17H15F3N4O2. The molecule has 1 unspecified atom stereocenters. The zero-order valence-corrected chi connectivity index (χ0v) is 13.7. The van der Waals surface area contributed by atoms with Crippen LogP contribution >= 0.6 is 0 Å². The Bertz CT molecular complexity index is 883. The van der Waals surface area contributed by atoms with E-state index in [1.807, 2.05) is 0 Å². The molecule has 1 aromatic heterocycles. The Morgan fingerprint density at radius 2 is 2.19 bits per heavy atom. The molecule has 26 heavy (non-hydrogen) atoms. The van der Waals surface area contributed by atoms with Gasteiger partial charge in [0, 0.05) is 11.9 Å². The summed E-state index contributed by atoms with van der Waals surface area (Å²) in [5.41, 5.74) is -3.24. The molecule has 0 aliphatic carbocycles. The maximum absolute atomic E-state index is 13.0. The fourth-order valence-electron chi connectivity index (χ4n) is 2.22. The van der Waals surface area contributed by atoms with Crippen molar-refractivity contribution in [1.29, 1.82) is 5.26 Å². The van der Waals surface area contributed by atoms with Gasteiger partial charge in [-0.3, -0.25) is 9.48 Å². The van der Waals surface area contributed by atoms with Gasteiger partial charge in [-0.1, -0.05) is 6.58 Å². The number of carbonyl (C=O) groups excluding carboxylic acids is 1. The summed E-state index contributed by atoms with van der Waals surface area (Å²) in [4.78, 5) is 12.4. The van der Waals surface area contributed by atoms with Crippen LogP contribution in [-0.2, 0) is 17.5 Å². The lowest BCUT2D eigenvalue weighted by atomic mass is 10.0. The number of hydrogen-bond acceptors (Lipinski definition) is 4. The Labute approximate surface area is 147 Å². The standard InChI is InChI=1S/C17H15F3N4O2/c1-3-16(26,10-24-9-11(2)8-22-24)15(25)23-13-5-4-12(7-21)14(6-13)17(18,19)20/h3-6,8-9,26H,1,10H2,2H3,(H,23,25). The van der Waals surface area contributed by atoms with Gasteiger partial charge in [0.15, 0.2) is 5.60 Å². The summed E-state index contributed by atoms with van der Waals surface area (Å²) in [6.45, 7) is 4.91. The molecule has 1 atom stereocenters. The average Bonchev–Trinajstić information content (AvgIpc) is 2.98. The Kier molecular flexibility index (Phi) is 5.18. The topological polar surface area (TPSA) is 90.9 Å². The fourth-order valence-corrected chi connectivity index (χ4v) is 2.22. The van der Waals surface area contributed by atoms with E-state index in [-0.39, 0.29) is 12.2 Å². The summed E-state index contributed by atoms with van der Waals surface area (Å²) in [6.07, 6.45) is -0.663. The van der Waals surface area contributed by atoms with Crippen molar-refractivity contribution in [2.24, 2.45) is 0 Å². The van der Waals surface area contributed by atoms with Crippen LogP contribution in [0.5, 0.6) is 0 Å². The summed E-state index contributed by atoms with van der Waals surface area (Å²) >= 11 is 0. The molecule has 1 aromatic carbocycles. The predicted molar refractivity (Wildman–Crippen MR) is 86.9 cm³/mol. The van der Waals surface area contributed by atoms with Crippen molar-refractivity contribution in [3.05, 3.63) is 59.9 Å². The first kappa shape index (κ1) is 19.2. The molecule has 136 valence electrons. The Morgan fingerprint density at radius 1 is 1.50 bits per heavy atom. The molecule has 0 radical (unpaired) electrons. The zero-order valence-electron chi connectivity index (χ0n) is 13.7. The van der Waals surface area contributed by atoms with E-state index in [0.717, 1.165) is 23.8 Å².